The number of ether oxygens (including phenoxy) is 2. The maximum atomic E-state index is 12.3. The minimum atomic E-state index is -1.45. The van der Waals surface area contributed by atoms with Gasteiger partial charge in [0.15, 0.2) is 5.57 Å². The molecule has 0 aliphatic carbocycles. The zero-order valence-electron chi connectivity index (χ0n) is 13.7. The molecule has 0 bridgehead atoms. The summed E-state index contributed by atoms with van der Waals surface area (Å²) in [5, 5.41) is 12.3. The molecule has 2 heterocycles. The summed E-state index contributed by atoms with van der Waals surface area (Å²) in [7, 11) is 2.38. The van der Waals surface area contributed by atoms with E-state index in [1.807, 2.05) is 0 Å². The maximum Gasteiger partial charge on any atom is 0.350 e. The molecule has 0 radical (unpaired) electrons. The lowest BCUT2D eigenvalue weighted by molar-refractivity contribution is -0.280. The van der Waals surface area contributed by atoms with Crippen molar-refractivity contribution in [3.8, 4) is 5.88 Å². The molecule has 10 heteroatoms. The predicted molar refractivity (Wildman–Crippen MR) is 83.1 cm³/mol. The Morgan fingerprint density at radius 2 is 1.54 bits per heavy atom. The van der Waals surface area contributed by atoms with Gasteiger partial charge in [-0.3, -0.25) is 9.36 Å². The summed E-state index contributed by atoms with van der Waals surface area (Å²) in [5.41, 5.74) is -2.73. The van der Waals surface area contributed by atoms with E-state index in [2.05, 4.69) is 0 Å². The van der Waals surface area contributed by atoms with Gasteiger partial charge in [0, 0.05) is 32.8 Å². The average molecular weight is 355 g/mol. The summed E-state index contributed by atoms with van der Waals surface area (Å²) in [4.78, 5) is 48.3. The first-order chi connectivity index (χ1) is 11.0. The van der Waals surface area contributed by atoms with Crippen LogP contribution >= 0.6 is 11.8 Å². The number of rotatable bonds is 2. The van der Waals surface area contributed by atoms with E-state index in [1.54, 1.807) is 0 Å². The third-order valence-corrected chi connectivity index (χ3v) is 4.17. The highest BCUT2D eigenvalue weighted by Gasteiger charge is 2.41. The van der Waals surface area contributed by atoms with E-state index in [0.717, 1.165) is 20.9 Å². The Balaban J connectivity index is 2.84. The van der Waals surface area contributed by atoms with Gasteiger partial charge < -0.3 is 19.1 Å². The summed E-state index contributed by atoms with van der Waals surface area (Å²) in [6, 6.07) is 0. The van der Waals surface area contributed by atoms with E-state index in [-0.39, 0.29) is 4.91 Å². The third-order valence-electron chi connectivity index (χ3n) is 3.35. The monoisotopic (exact) mass is 355 g/mol. The molecule has 0 N–H and O–H groups in total. The number of nitrogens with zero attached hydrogens (tertiary/aromatic N) is 2. The molecule has 130 valence electrons. The summed E-state index contributed by atoms with van der Waals surface area (Å²) < 4.78 is 11.4. The molecule has 0 atom stereocenters. The van der Waals surface area contributed by atoms with Crippen LogP contribution in [0.5, 0.6) is 5.88 Å². The largest absolute Gasteiger partial charge is 0.859 e. The molecule has 0 aromatic carbocycles. The van der Waals surface area contributed by atoms with Crippen LogP contribution in [0.2, 0.25) is 0 Å². The fourth-order valence-electron chi connectivity index (χ4n) is 2.19. The van der Waals surface area contributed by atoms with Crippen molar-refractivity contribution in [2.75, 3.05) is 6.26 Å². The van der Waals surface area contributed by atoms with Gasteiger partial charge in [-0.1, -0.05) is 0 Å². The van der Waals surface area contributed by atoms with Crippen molar-refractivity contribution in [2.45, 2.75) is 19.6 Å². The number of hydrogen-bond donors (Lipinski definition) is 0. The Hall–Kier alpha value is -2.49. The second kappa shape index (κ2) is 5.86. The highest BCUT2D eigenvalue weighted by atomic mass is 32.2. The van der Waals surface area contributed by atoms with Crippen LogP contribution in [0.25, 0.3) is 4.91 Å². The first-order valence-electron chi connectivity index (χ1n) is 6.74. The fourth-order valence-corrected chi connectivity index (χ4v) is 2.94. The van der Waals surface area contributed by atoms with Crippen molar-refractivity contribution in [3.05, 3.63) is 32.0 Å². The molecule has 9 nitrogen and oxygen atoms in total. The van der Waals surface area contributed by atoms with Crippen LogP contribution in [-0.4, -0.2) is 33.1 Å². The van der Waals surface area contributed by atoms with Gasteiger partial charge in [-0.05, 0) is 12.1 Å². The third kappa shape index (κ3) is 2.73. The van der Waals surface area contributed by atoms with Crippen LogP contribution in [0, 0.1) is 0 Å². The van der Waals surface area contributed by atoms with E-state index < -0.39 is 46.0 Å². The molecule has 0 unspecified atom stereocenters. The van der Waals surface area contributed by atoms with Crippen molar-refractivity contribution < 1.29 is 24.2 Å². The van der Waals surface area contributed by atoms with E-state index in [4.69, 9.17) is 9.47 Å². The smallest absolute Gasteiger partial charge is 0.350 e. The van der Waals surface area contributed by atoms with Crippen LogP contribution in [0.4, 0.5) is 0 Å². The highest BCUT2D eigenvalue weighted by Crippen LogP contribution is 2.35. The molecule has 1 aromatic rings. The molecule has 1 aliphatic rings. The van der Waals surface area contributed by atoms with E-state index in [9.17, 15) is 24.3 Å². The van der Waals surface area contributed by atoms with Gasteiger partial charge in [0.05, 0.1) is 5.56 Å². The lowest BCUT2D eigenvalue weighted by Gasteiger charge is -2.31. The minimum absolute atomic E-state index is 0.193. The second-order valence-corrected chi connectivity index (χ2v) is 6.29. The number of hydrogen-bond acceptors (Lipinski definition) is 8. The van der Waals surface area contributed by atoms with Gasteiger partial charge in [-0.25, -0.2) is 14.4 Å². The number of carbonyl (C=O) groups is 2. The summed E-state index contributed by atoms with van der Waals surface area (Å²) in [5.74, 6) is -4.37. The van der Waals surface area contributed by atoms with Crippen LogP contribution < -0.4 is 16.4 Å². The number of aromatic nitrogens is 2. The summed E-state index contributed by atoms with van der Waals surface area (Å²) >= 11 is 0.838. The number of cyclic esters (lactones) is 2. The summed E-state index contributed by atoms with van der Waals surface area (Å²) in [6.45, 7) is 2.76. The molecule has 0 spiro atoms. The van der Waals surface area contributed by atoms with Gasteiger partial charge in [0.1, 0.15) is 0 Å². The molecule has 0 amide bonds. The molecule has 1 aliphatic heterocycles. The second-order valence-electron chi connectivity index (χ2n) is 5.47. The molecule has 1 aromatic heterocycles. The highest BCUT2D eigenvalue weighted by molar-refractivity contribution is 8.07. The van der Waals surface area contributed by atoms with Gasteiger partial charge in [-0.15, -0.1) is 11.8 Å². The van der Waals surface area contributed by atoms with E-state index in [0.29, 0.717) is 0 Å². The van der Waals surface area contributed by atoms with E-state index in [1.165, 1.54) is 34.2 Å². The first kappa shape index (κ1) is 17.9. The normalized spacial score (nSPS) is 16.6. The topological polar surface area (TPSA) is 120 Å². The standard InChI is InChI=1S/C14H16N2O7S/c1-14(2)22-11(19)7(12(20)23-14)8(24-5)6-9(17)15(3)13(21)16(4)10(6)18/h17H,1-5H3/p-1. The van der Waals surface area contributed by atoms with Crippen molar-refractivity contribution in [2.24, 2.45) is 14.1 Å². The Morgan fingerprint density at radius 1 is 1.04 bits per heavy atom. The number of esters is 2. The van der Waals surface area contributed by atoms with Crippen molar-refractivity contribution in [1.29, 1.82) is 0 Å². The Morgan fingerprint density at radius 3 is 2.00 bits per heavy atom. The van der Waals surface area contributed by atoms with Gasteiger partial charge >= 0.3 is 17.6 Å². The zero-order chi connectivity index (χ0) is 18.4. The van der Waals surface area contributed by atoms with Gasteiger partial charge in [0.2, 0.25) is 0 Å². The van der Waals surface area contributed by atoms with Crippen molar-refractivity contribution in [3.63, 3.8) is 0 Å². The lowest BCUT2D eigenvalue weighted by Crippen LogP contribution is -2.43. The molecule has 0 saturated carbocycles. The van der Waals surface area contributed by atoms with Crippen LogP contribution in [0.15, 0.2) is 15.2 Å². The lowest BCUT2D eigenvalue weighted by atomic mass is 10.1. The van der Waals surface area contributed by atoms with Crippen molar-refractivity contribution >= 4 is 28.6 Å². The molecule has 2 rings (SSSR count). The summed E-state index contributed by atoms with van der Waals surface area (Å²) in [6.07, 6.45) is 1.48. The Labute approximate surface area is 140 Å². The molecular weight excluding hydrogens is 340 g/mol. The molecule has 1 fully saturated rings. The zero-order valence-corrected chi connectivity index (χ0v) is 14.5. The quantitative estimate of drug-likeness (QED) is 0.379. The average Bonchev–Trinajstić information content (AvgIpc) is 2.47. The first-order valence-corrected chi connectivity index (χ1v) is 7.96. The van der Waals surface area contributed by atoms with Crippen LogP contribution in [-0.2, 0) is 33.2 Å². The van der Waals surface area contributed by atoms with E-state index >= 15 is 0 Å². The molecular formula is C14H15N2O7S-. The van der Waals surface area contributed by atoms with Crippen LogP contribution in [0.3, 0.4) is 0 Å². The van der Waals surface area contributed by atoms with Gasteiger partial charge in [-0.2, -0.15) is 0 Å². The molecule has 24 heavy (non-hydrogen) atoms. The predicted octanol–water partition coefficient (Wildman–Crippen LogP) is -0.932. The number of carbonyl (C=O) groups excluding carboxylic acids is 2. The number of thioether (sulfide) groups is 1. The molecule has 1 saturated heterocycles. The Bertz CT molecular complexity index is 870. The van der Waals surface area contributed by atoms with Gasteiger partial charge in [0.25, 0.3) is 11.3 Å². The SMILES string of the molecule is CSC(=C1C(=O)OC(C)(C)OC1=O)c1c([O-])n(C)c(=O)n(C)c1=O. The Kier molecular flexibility index (Phi) is 4.36. The maximum absolute atomic E-state index is 12.3. The van der Waals surface area contributed by atoms with Crippen LogP contribution in [0.1, 0.15) is 19.4 Å². The van der Waals surface area contributed by atoms with Crippen molar-refractivity contribution in [1.82, 2.24) is 9.13 Å². The minimum Gasteiger partial charge on any atom is -0.859 e. The fraction of sp³-hybridized carbons (Fsp3) is 0.429.